The minimum Gasteiger partial charge on any atom is -0.342 e. The molecule has 35 heavy (non-hydrogen) atoms. The molecule has 3 aromatic carbocycles. The summed E-state index contributed by atoms with van der Waals surface area (Å²) in [6, 6.07) is 18.6. The number of rotatable bonds is 5. The SMILES string of the molecule is O=C1S/C(=C\c2cn(Cc3ccc(Cl)cc3Cl)c3ccc(Br)cc23)C(=O)N1Cc1ccccc1Cl. The van der Waals surface area contributed by atoms with E-state index in [0.29, 0.717) is 26.5 Å². The van der Waals surface area contributed by atoms with E-state index in [9.17, 15) is 9.59 Å². The summed E-state index contributed by atoms with van der Waals surface area (Å²) in [5.74, 6) is -0.337. The largest absolute Gasteiger partial charge is 0.342 e. The van der Waals surface area contributed by atoms with Crippen LogP contribution >= 0.6 is 62.5 Å². The number of carbonyl (C=O) groups is 2. The van der Waals surface area contributed by atoms with Crippen LogP contribution in [0.3, 0.4) is 0 Å². The molecule has 5 rings (SSSR count). The van der Waals surface area contributed by atoms with E-state index in [1.807, 2.05) is 48.7 Å². The van der Waals surface area contributed by atoms with E-state index in [0.717, 1.165) is 43.8 Å². The van der Waals surface area contributed by atoms with Crippen LogP contribution in [0.5, 0.6) is 0 Å². The van der Waals surface area contributed by atoms with Crippen molar-refractivity contribution in [1.29, 1.82) is 0 Å². The van der Waals surface area contributed by atoms with Gasteiger partial charge in [0.15, 0.2) is 0 Å². The summed E-state index contributed by atoms with van der Waals surface area (Å²) in [6.45, 7) is 0.653. The number of aromatic nitrogens is 1. The molecule has 9 heteroatoms. The first-order chi connectivity index (χ1) is 16.8. The Bertz CT molecular complexity index is 1530. The lowest BCUT2D eigenvalue weighted by atomic mass is 10.1. The Morgan fingerprint density at radius 1 is 0.886 bits per heavy atom. The molecule has 4 nitrogen and oxygen atoms in total. The van der Waals surface area contributed by atoms with Gasteiger partial charge in [-0.15, -0.1) is 0 Å². The fraction of sp³-hybridized carbons (Fsp3) is 0.0769. The molecule has 0 spiro atoms. The third-order valence-corrected chi connectivity index (χ3v) is 8.03. The highest BCUT2D eigenvalue weighted by Crippen LogP contribution is 2.36. The molecule has 1 aliphatic heterocycles. The Morgan fingerprint density at radius 3 is 2.43 bits per heavy atom. The maximum Gasteiger partial charge on any atom is 0.293 e. The van der Waals surface area contributed by atoms with Gasteiger partial charge in [-0.1, -0.05) is 75.0 Å². The third kappa shape index (κ3) is 5.04. The van der Waals surface area contributed by atoms with Gasteiger partial charge in [0, 0.05) is 48.7 Å². The summed E-state index contributed by atoms with van der Waals surface area (Å²) >= 11 is 23.2. The number of benzene rings is 3. The molecule has 0 bridgehead atoms. The summed E-state index contributed by atoms with van der Waals surface area (Å²) in [4.78, 5) is 27.4. The molecule has 4 aromatic rings. The van der Waals surface area contributed by atoms with E-state index in [-0.39, 0.29) is 17.7 Å². The molecule has 0 saturated carbocycles. The van der Waals surface area contributed by atoms with Gasteiger partial charge in [0.05, 0.1) is 11.4 Å². The highest BCUT2D eigenvalue weighted by Gasteiger charge is 2.35. The number of halogens is 4. The lowest BCUT2D eigenvalue weighted by Crippen LogP contribution is -2.27. The van der Waals surface area contributed by atoms with Gasteiger partial charge in [0.1, 0.15) is 0 Å². The number of thioether (sulfide) groups is 1. The van der Waals surface area contributed by atoms with Crippen molar-refractivity contribution in [2.45, 2.75) is 13.1 Å². The molecule has 0 unspecified atom stereocenters. The summed E-state index contributed by atoms with van der Waals surface area (Å²) in [7, 11) is 0. The molecule has 1 saturated heterocycles. The summed E-state index contributed by atoms with van der Waals surface area (Å²) in [6.07, 6.45) is 3.73. The van der Waals surface area contributed by atoms with Crippen LogP contribution < -0.4 is 0 Å². The van der Waals surface area contributed by atoms with Crippen LogP contribution in [-0.4, -0.2) is 20.6 Å². The van der Waals surface area contributed by atoms with E-state index in [1.54, 1.807) is 24.3 Å². The van der Waals surface area contributed by atoms with Crippen molar-refractivity contribution in [3.05, 3.63) is 108 Å². The van der Waals surface area contributed by atoms with Gasteiger partial charge in [-0.3, -0.25) is 14.5 Å². The quantitative estimate of drug-likeness (QED) is 0.214. The van der Waals surface area contributed by atoms with Crippen molar-refractivity contribution in [3.8, 4) is 0 Å². The molecular weight excluding hydrogens is 591 g/mol. The van der Waals surface area contributed by atoms with Crippen molar-refractivity contribution in [2.75, 3.05) is 0 Å². The van der Waals surface area contributed by atoms with Crippen LogP contribution in [0.15, 0.2) is 76.2 Å². The van der Waals surface area contributed by atoms with Crippen molar-refractivity contribution in [2.24, 2.45) is 0 Å². The van der Waals surface area contributed by atoms with Crippen molar-refractivity contribution >= 4 is 90.6 Å². The second-order valence-corrected chi connectivity index (χ2v) is 11.1. The van der Waals surface area contributed by atoms with Crippen LogP contribution in [0.1, 0.15) is 16.7 Å². The zero-order valence-corrected chi connectivity index (χ0v) is 22.6. The molecule has 2 amide bonds. The molecule has 0 N–H and O–H groups in total. The van der Waals surface area contributed by atoms with Gasteiger partial charge in [0.25, 0.3) is 11.1 Å². The van der Waals surface area contributed by atoms with Gasteiger partial charge in [-0.05, 0) is 65.4 Å². The average molecular weight is 607 g/mol. The van der Waals surface area contributed by atoms with E-state index < -0.39 is 0 Å². The van der Waals surface area contributed by atoms with Crippen molar-refractivity contribution < 1.29 is 9.59 Å². The molecule has 2 heterocycles. The van der Waals surface area contributed by atoms with E-state index in [1.165, 1.54) is 4.90 Å². The molecule has 1 aromatic heterocycles. The number of nitrogens with zero attached hydrogens (tertiary/aromatic N) is 2. The minimum atomic E-state index is -0.337. The maximum absolute atomic E-state index is 13.1. The number of hydrogen-bond donors (Lipinski definition) is 0. The lowest BCUT2D eigenvalue weighted by molar-refractivity contribution is -0.123. The first-order valence-electron chi connectivity index (χ1n) is 10.5. The predicted octanol–water partition coefficient (Wildman–Crippen LogP) is 8.65. The van der Waals surface area contributed by atoms with Gasteiger partial charge in [0.2, 0.25) is 0 Å². The van der Waals surface area contributed by atoms with Crippen LogP contribution in [0.4, 0.5) is 4.79 Å². The Hall–Kier alpha value is -2.22. The van der Waals surface area contributed by atoms with E-state index in [2.05, 4.69) is 20.5 Å². The number of carbonyl (C=O) groups excluding carboxylic acids is 2. The topological polar surface area (TPSA) is 42.3 Å². The molecule has 0 radical (unpaired) electrons. The number of hydrogen-bond acceptors (Lipinski definition) is 3. The van der Waals surface area contributed by atoms with Crippen LogP contribution in [0.2, 0.25) is 15.1 Å². The Kier molecular flexibility index (Phi) is 7.02. The van der Waals surface area contributed by atoms with Crippen molar-refractivity contribution in [1.82, 2.24) is 9.47 Å². The molecule has 0 aliphatic carbocycles. The predicted molar refractivity (Wildman–Crippen MR) is 148 cm³/mol. The second-order valence-electron chi connectivity index (χ2n) is 7.97. The number of amides is 2. The fourth-order valence-electron chi connectivity index (χ4n) is 3.95. The second kappa shape index (κ2) is 10.0. The minimum absolute atomic E-state index is 0.129. The number of fused-ring (bicyclic) bond motifs is 1. The summed E-state index contributed by atoms with van der Waals surface area (Å²) in [5, 5.41) is 2.30. The van der Waals surface area contributed by atoms with Crippen molar-refractivity contribution in [3.63, 3.8) is 0 Å². The first-order valence-corrected chi connectivity index (χ1v) is 13.3. The Morgan fingerprint density at radius 2 is 1.66 bits per heavy atom. The summed E-state index contributed by atoms with van der Waals surface area (Å²) < 4.78 is 2.98. The first kappa shape index (κ1) is 24.5. The van der Waals surface area contributed by atoms with Gasteiger partial charge in [-0.2, -0.15) is 0 Å². The summed E-state index contributed by atoms with van der Waals surface area (Å²) in [5.41, 5.74) is 3.44. The maximum atomic E-state index is 13.1. The van der Waals surface area contributed by atoms with Crippen LogP contribution in [0, 0.1) is 0 Å². The monoisotopic (exact) mass is 604 g/mol. The smallest absolute Gasteiger partial charge is 0.293 e. The Balaban J connectivity index is 1.50. The van der Waals surface area contributed by atoms with Gasteiger partial charge in [-0.25, -0.2) is 0 Å². The molecule has 1 aliphatic rings. The zero-order valence-electron chi connectivity index (χ0n) is 18.0. The van der Waals surface area contributed by atoms with Gasteiger partial charge < -0.3 is 4.57 Å². The normalized spacial score (nSPS) is 15.1. The average Bonchev–Trinajstić information content (AvgIpc) is 3.28. The van der Waals surface area contributed by atoms with E-state index >= 15 is 0 Å². The third-order valence-electron chi connectivity index (χ3n) is 5.68. The van der Waals surface area contributed by atoms with Crippen LogP contribution in [0.25, 0.3) is 17.0 Å². The fourth-order valence-corrected chi connectivity index (χ4v) is 5.80. The van der Waals surface area contributed by atoms with E-state index in [4.69, 9.17) is 34.8 Å². The molecule has 0 atom stereocenters. The standard InChI is InChI=1S/C26H16BrCl3N2O2S/c27-18-6-8-23-20(10-18)17(13-31(23)12-16-5-7-19(28)11-22(16)30)9-24-25(33)32(26(34)35-24)14-15-3-1-2-4-21(15)29/h1-11,13H,12,14H2/b24-9-. The lowest BCUT2D eigenvalue weighted by Gasteiger charge is -2.13. The highest BCUT2D eigenvalue weighted by molar-refractivity contribution is 9.10. The Labute approximate surface area is 229 Å². The highest BCUT2D eigenvalue weighted by atomic mass is 79.9. The molecular formula is C26H16BrCl3N2O2S. The zero-order chi connectivity index (χ0) is 24.7. The molecule has 176 valence electrons. The molecule has 1 fully saturated rings. The van der Waals surface area contributed by atoms with Gasteiger partial charge >= 0.3 is 0 Å². The van der Waals surface area contributed by atoms with Crippen LogP contribution in [-0.2, 0) is 17.9 Å². The number of imide groups is 1.